The van der Waals surface area contributed by atoms with E-state index in [1.807, 2.05) is 0 Å². The molecule has 0 unspecified atom stereocenters. The van der Waals surface area contributed by atoms with Crippen LogP contribution in [0.25, 0.3) is 0 Å². The van der Waals surface area contributed by atoms with Gasteiger partial charge in [-0.05, 0) is 54.2 Å². The van der Waals surface area contributed by atoms with E-state index in [1.54, 1.807) is 14.2 Å². The fourth-order valence-corrected chi connectivity index (χ4v) is 4.17. The first-order valence-electron chi connectivity index (χ1n) is 8.29. The van der Waals surface area contributed by atoms with E-state index >= 15 is 0 Å². The molecule has 0 bridgehead atoms. The predicted octanol–water partition coefficient (Wildman–Crippen LogP) is 3.98. The van der Waals surface area contributed by atoms with Crippen molar-refractivity contribution in [3.05, 3.63) is 58.1 Å². The largest absolute Gasteiger partial charge is 0.493 e. The number of hydrogen-bond acceptors (Lipinski definition) is 3. The molecule has 128 valence electrons. The van der Waals surface area contributed by atoms with Gasteiger partial charge in [0.05, 0.1) is 14.2 Å². The maximum atomic E-state index is 5.54. The standard InChI is InChI=1S/C20H23NO2.ClH/c1-12-4-6-15-14(8-12)11-21-17-7-5-13-9-18(22-2)19(23-3)10-16(13)20(15)17;/h4,6,8-10,17,20-21H,5,7,11H2,1-3H3;1H/t17-,20-;/m0./s1. The molecule has 0 amide bonds. The molecule has 0 radical (unpaired) electrons. The molecule has 0 spiro atoms. The Morgan fingerprint density at radius 2 is 1.71 bits per heavy atom. The van der Waals surface area contributed by atoms with Gasteiger partial charge in [-0.2, -0.15) is 0 Å². The van der Waals surface area contributed by atoms with Crippen molar-refractivity contribution >= 4 is 12.4 Å². The summed E-state index contributed by atoms with van der Waals surface area (Å²) in [4.78, 5) is 0. The number of methoxy groups -OCH3 is 2. The summed E-state index contributed by atoms with van der Waals surface area (Å²) in [5.41, 5.74) is 6.99. The normalized spacial score (nSPS) is 21.0. The van der Waals surface area contributed by atoms with E-state index in [4.69, 9.17) is 9.47 Å². The van der Waals surface area contributed by atoms with Crippen LogP contribution in [-0.4, -0.2) is 20.3 Å². The summed E-state index contributed by atoms with van der Waals surface area (Å²) in [6, 6.07) is 11.7. The van der Waals surface area contributed by atoms with Gasteiger partial charge in [0.1, 0.15) is 0 Å². The second kappa shape index (κ2) is 6.66. The van der Waals surface area contributed by atoms with Crippen LogP contribution in [0.15, 0.2) is 30.3 Å². The molecule has 1 aliphatic carbocycles. The number of halogens is 1. The van der Waals surface area contributed by atoms with Gasteiger partial charge in [0.25, 0.3) is 0 Å². The number of fused-ring (bicyclic) bond motifs is 5. The summed E-state index contributed by atoms with van der Waals surface area (Å²) in [6.07, 6.45) is 2.26. The SMILES string of the molecule is COc1cc2c(cc1OC)[C@@H]1c3ccc(C)cc3CN[C@H]1CC2.Cl. The van der Waals surface area contributed by atoms with Crippen molar-refractivity contribution in [2.45, 2.75) is 38.3 Å². The molecule has 3 nitrogen and oxygen atoms in total. The molecule has 1 heterocycles. The molecule has 0 saturated heterocycles. The van der Waals surface area contributed by atoms with Crippen LogP contribution in [0.4, 0.5) is 0 Å². The van der Waals surface area contributed by atoms with Gasteiger partial charge in [0.2, 0.25) is 0 Å². The molecule has 0 fully saturated rings. The second-order valence-corrected chi connectivity index (χ2v) is 6.61. The lowest BCUT2D eigenvalue weighted by molar-refractivity contribution is 0.349. The first kappa shape index (κ1) is 17.1. The highest BCUT2D eigenvalue weighted by molar-refractivity contribution is 5.85. The quantitative estimate of drug-likeness (QED) is 0.893. The number of rotatable bonds is 2. The lowest BCUT2D eigenvalue weighted by Crippen LogP contribution is -2.42. The van der Waals surface area contributed by atoms with Crippen molar-refractivity contribution in [1.82, 2.24) is 5.32 Å². The van der Waals surface area contributed by atoms with Crippen molar-refractivity contribution in [3.63, 3.8) is 0 Å². The smallest absolute Gasteiger partial charge is 0.161 e. The highest BCUT2D eigenvalue weighted by Crippen LogP contribution is 2.44. The highest BCUT2D eigenvalue weighted by atomic mass is 35.5. The van der Waals surface area contributed by atoms with E-state index in [2.05, 4.69) is 42.6 Å². The van der Waals surface area contributed by atoms with Crippen LogP contribution in [0.3, 0.4) is 0 Å². The minimum atomic E-state index is 0. The number of benzene rings is 2. The molecular formula is C20H24ClNO2. The van der Waals surface area contributed by atoms with Gasteiger partial charge in [0.15, 0.2) is 11.5 Å². The van der Waals surface area contributed by atoms with E-state index in [-0.39, 0.29) is 12.4 Å². The first-order chi connectivity index (χ1) is 11.2. The number of aryl methyl sites for hydroxylation is 2. The molecule has 4 heteroatoms. The Hall–Kier alpha value is -1.71. The third-order valence-electron chi connectivity index (χ3n) is 5.30. The van der Waals surface area contributed by atoms with Crippen molar-refractivity contribution in [1.29, 1.82) is 0 Å². The predicted molar refractivity (Wildman–Crippen MR) is 98.8 cm³/mol. The van der Waals surface area contributed by atoms with Gasteiger partial charge < -0.3 is 14.8 Å². The molecule has 2 aromatic rings. The fourth-order valence-electron chi connectivity index (χ4n) is 4.17. The maximum absolute atomic E-state index is 5.54. The molecular weight excluding hydrogens is 322 g/mol. The third kappa shape index (κ3) is 2.66. The Kier molecular flexibility index (Phi) is 4.75. The van der Waals surface area contributed by atoms with Gasteiger partial charge >= 0.3 is 0 Å². The van der Waals surface area contributed by atoms with Gasteiger partial charge in [-0.15, -0.1) is 12.4 Å². The molecule has 0 aromatic heterocycles. The molecule has 2 atom stereocenters. The zero-order chi connectivity index (χ0) is 16.0. The van der Waals surface area contributed by atoms with Gasteiger partial charge in [-0.1, -0.05) is 23.8 Å². The van der Waals surface area contributed by atoms with E-state index in [0.717, 1.165) is 24.5 Å². The third-order valence-corrected chi connectivity index (χ3v) is 5.30. The van der Waals surface area contributed by atoms with Crippen molar-refractivity contribution in [2.75, 3.05) is 14.2 Å². The molecule has 1 aliphatic heterocycles. The molecule has 0 saturated carbocycles. The number of hydrogen-bond donors (Lipinski definition) is 1. The molecule has 2 aromatic carbocycles. The Morgan fingerprint density at radius 1 is 0.958 bits per heavy atom. The zero-order valence-corrected chi connectivity index (χ0v) is 15.2. The minimum absolute atomic E-state index is 0. The van der Waals surface area contributed by atoms with Crippen LogP contribution in [0.2, 0.25) is 0 Å². The van der Waals surface area contributed by atoms with E-state index < -0.39 is 0 Å². The lowest BCUT2D eigenvalue weighted by Gasteiger charge is -2.40. The van der Waals surface area contributed by atoms with Crippen LogP contribution in [0.1, 0.15) is 40.2 Å². The van der Waals surface area contributed by atoms with Crippen LogP contribution < -0.4 is 14.8 Å². The Morgan fingerprint density at radius 3 is 2.46 bits per heavy atom. The summed E-state index contributed by atoms with van der Waals surface area (Å²) < 4.78 is 11.0. The van der Waals surface area contributed by atoms with Gasteiger partial charge in [0, 0.05) is 18.5 Å². The average Bonchev–Trinajstić information content (AvgIpc) is 2.59. The monoisotopic (exact) mass is 345 g/mol. The summed E-state index contributed by atoms with van der Waals surface area (Å²) >= 11 is 0. The van der Waals surface area contributed by atoms with Gasteiger partial charge in [-0.25, -0.2) is 0 Å². The molecule has 4 rings (SSSR count). The van der Waals surface area contributed by atoms with E-state index in [1.165, 1.54) is 34.2 Å². The van der Waals surface area contributed by atoms with Crippen LogP contribution in [0.5, 0.6) is 11.5 Å². The Bertz CT molecular complexity index is 760. The number of nitrogens with one attached hydrogen (secondary N) is 1. The minimum Gasteiger partial charge on any atom is -0.493 e. The molecule has 24 heavy (non-hydrogen) atoms. The lowest BCUT2D eigenvalue weighted by atomic mass is 9.72. The number of ether oxygens (including phenoxy) is 2. The van der Waals surface area contributed by atoms with Crippen molar-refractivity contribution in [3.8, 4) is 11.5 Å². The van der Waals surface area contributed by atoms with E-state index in [0.29, 0.717) is 12.0 Å². The van der Waals surface area contributed by atoms with Gasteiger partial charge in [-0.3, -0.25) is 0 Å². The summed E-state index contributed by atoms with van der Waals surface area (Å²) in [5.74, 6) is 2.06. The average molecular weight is 346 g/mol. The topological polar surface area (TPSA) is 30.5 Å². The Labute approximate surface area is 149 Å². The fraction of sp³-hybridized carbons (Fsp3) is 0.400. The Balaban J connectivity index is 0.00000169. The van der Waals surface area contributed by atoms with Crippen molar-refractivity contribution < 1.29 is 9.47 Å². The first-order valence-corrected chi connectivity index (χ1v) is 8.29. The van der Waals surface area contributed by atoms with E-state index in [9.17, 15) is 0 Å². The van der Waals surface area contributed by atoms with Crippen molar-refractivity contribution in [2.24, 2.45) is 0 Å². The maximum Gasteiger partial charge on any atom is 0.161 e. The van der Waals surface area contributed by atoms with Crippen LogP contribution in [-0.2, 0) is 13.0 Å². The highest BCUT2D eigenvalue weighted by Gasteiger charge is 2.35. The zero-order valence-electron chi connectivity index (χ0n) is 14.4. The van der Waals surface area contributed by atoms with Crippen LogP contribution >= 0.6 is 12.4 Å². The summed E-state index contributed by atoms with van der Waals surface area (Å²) in [7, 11) is 3.41. The second-order valence-electron chi connectivity index (χ2n) is 6.61. The van der Waals surface area contributed by atoms with Crippen LogP contribution in [0, 0.1) is 6.92 Å². The summed E-state index contributed by atoms with van der Waals surface area (Å²) in [5, 5.41) is 3.74. The molecule has 1 N–H and O–H groups in total. The summed E-state index contributed by atoms with van der Waals surface area (Å²) in [6.45, 7) is 3.13. The molecule has 2 aliphatic rings.